The quantitative estimate of drug-likeness (QED) is 0.917. The number of methoxy groups -OCH3 is 1. The zero-order chi connectivity index (χ0) is 15.4. The Labute approximate surface area is 126 Å². The molecule has 0 bridgehead atoms. The summed E-state index contributed by atoms with van der Waals surface area (Å²) in [5.41, 5.74) is 10.3. The number of rotatable bonds is 5. The van der Waals surface area contributed by atoms with Crippen molar-refractivity contribution < 1.29 is 4.74 Å². The minimum atomic E-state index is -0.0935. The van der Waals surface area contributed by atoms with E-state index < -0.39 is 0 Å². The highest BCUT2D eigenvalue weighted by Crippen LogP contribution is 2.33. The van der Waals surface area contributed by atoms with Crippen LogP contribution in [0.25, 0.3) is 0 Å². The average molecular weight is 285 g/mol. The van der Waals surface area contributed by atoms with E-state index in [0.717, 1.165) is 34.9 Å². The summed E-state index contributed by atoms with van der Waals surface area (Å²) in [6.45, 7) is 4.71. The number of ether oxygens (including phenoxy) is 1. The van der Waals surface area contributed by atoms with Gasteiger partial charge >= 0.3 is 0 Å². The first-order valence-electron chi connectivity index (χ1n) is 7.09. The van der Waals surface area contributed by atoms with Crippen molar-refractivity contribution in [2.45, 2.75) is 26.4 Å². The molecule has 0 saturated heterocycles. The van der Waals surface area contributed by atoms with Crippen molar-refractivity contribution in [2.24, 2.45) is 5.73 Å². The molecule has 2 N–H and O–H groups in total. The van der Waals surface area contributed by atoms with Gasteiger partial charge in [0.05, 0.1) is 19.3 Å². The van der Waals surface area contributed by atoms with Crippen LogP contribution in [0.3, 0.4) is 0 Å². The third-order valence-corrected chi connectivity index (χ3v) is 3.47. The molecule has 0 aliphatic rings. The summed E-state index contributed by atoms with van der Waals surface area (Å²) >= 11 is 0. The van der Waals surface area contributed by atoms with E-state index in [2.05, 4.69) is 16.0 Å². The second-order valence-electron chi connectivity index (χ2n) is 5.31. The minimum Gasteiger partial charge on any atom is -0.496 e. The minimum absolute atomic E-state index is 0.0935. The van der Waals surface area contributed by atoms with Gasteiger partial charge in [-0.1, -0.05) is 12.1 Å². The molecule has 0 aliphatic heterocycles. The number of aromatic nitrogens is 1. The van der Waals surface area contributed by atoms with Gasteiger partial charge in [0.1, 0.15) is 5.75 Å². The fourth-order valence-electron chi connectivity index (χ4n) is 2.52. The van der Waals surface area contributed by atoms with Crippen molar-refractivity contribution in [3.8, 4) is 5.75 Å². The largest absolute Gasteiger partial charge is 0.496 e. The van der Waals surface area contributed by atoms with E-state index in [1.807, 2.05) is 51.2 Å². The molecule has 1 aromatic heterocycles. The van der Waals surface area contributed by atoms with Crippen LogP contribution in [0.4, 0.5) is 5.69 Å². The first-order valence-corrected chi connectivity index (χ1v) is 7.09. The van der Waals surface area contributed by atoms with Crippen molar-refractivity contribution in [1.29, 1.82) is 0 Å². The molecule has 112 valence electrons. The molecule has 0 fully saturated rings. The van der Waals surface area contributed by atoms with E-state index >= 15 is 0 Å². The van der Waals surface area contributed by atoms with Gasteiger partial charge in [-0.3, -0.25) is 4.98 Å². The number of pyridine rings is 1. The lowest BCUT2D eigenvalue weighted by molar-refractivity contribution is 0.407. The Kier molecular flexibility index (Phi) is 4.81. The zero-order valence-corrected chi connectivity index (χ0v) is 13.1. The fraction of sp³-hybridized carbons (Fsp3) is 0.353. The zero-order valence-electron chi connectivity index (χ0n) is 13.1. The van der Waals surface area contributed by atoms with E-state index in [1.54, 1.807) is 7.11 Å². The van der Waals surface area contributed by atoms with Gasteiger partial charge < -0.3 is 15.4 Å². The fourth-order valence-corrected chi connectivity index (χ4v) is 2.52. The van der Waals surface area contributed by atoms with Gasteiger partial charge in [-0.2, -0.15) is 0 Å². The highest BCUT2D eigenvalue weighted by Gasteiger charge is 2.16. The number of hydrogen-bond donors (Lipinski definition) is 1. The maximum atomic E-state index is 6.12. The van der Waals surface area contributed by atoms with Gasteiger partial charge in [-0.05, 0) is 38.1 Å². The Hall–Kier alpha value is -2.07. The third-order valence-electron chi connectivity index (χ3n) is 3.47. The molecule has 1 atom stereocenters. The van der Waals surface area contributed by atoms with E-state index in [9.17, 15) is 0 Å². The molecule has 2 rings (SSSR count). The van der Waals surface area contributed by atoms with E-state index in [-0.39, 0.29) is 6.04 Å². The smallest absolute Gasteiger partial charge is 0.125 e. The molecule has 4 nitrogen and oxygen atoms in total. The van der Waals surface area contributed by atoms with Crippen LogP contribution in [-0.2, 0) is 6.54 Å². The van der Waals surface area contributed by atoms with E-state index in [1.165, 1.54) is 0 Å². The van der Waals surface area contributed by atoms with Crippen LogP contribution in [0.1, 0.15) is 29.9 Å². The second kappa shape index (κ2) is 6.59. The molecule has 0 radical (unpaired) electrons. The number of hydrogen-bond acceptors (Lipinski definition) is 4. The van der Waals surface area contributed by atoms with E-state index in [0.29, 0.717) is 0 Å². The SMILES string of the molecule is COc1cccc(N(C)Cc2cccc(C)n2)c1C(C)N. The number of nitrogens with zero attached hydrogens (tertiary/aromatic N) is 2. The molecule has 1 unspecified atom stereocenters. The van der Waals surface area contributed by atoms with Gasteiger partial charge in [0, 0.05) is 30.0 Å². The van der Waals surface area contributed by atoms with Gasteiger partial charge in [0.15, 0.2) is 0 Å². The van der Waals surface area contributed by atoms with E-state index in [4.69, 9.17) is 10.5 Å². The summed E-state index contributed by atoms with van der Waals surface area (Å²) in [5.74, 6) is 0.826. The highest BCUT2D eigenvalue weighted by atomic mass is 16.5. The summed E-state index contributed by atoms with van der Waals surface area (Å²) in [4.78, 5) is 6.71. The standard InChI is InChI=1S/C17H23N3O/c1-12-7-5-8-14(19-12)11-20(3)15-9-6-10-16(21-4)17(15)13(2)18/h5-10,13H,11,18H2,1-4H3. The topological polar surface area (TPSA) is 51.4 Å². The van der Waals surface area contributed by atoms with Gasteiger partial charge in [-0.25, -0.2) is 0 Å². The lowest BCUT2D eigenvalue weighted by Gasteiger charge is -2.25. The highest BCUT2D eigenvalue weighted by molar-refractivity contribution is 5.60. The van der Waals surface area contributed by atoms with Crippen LogP contribution in [0.15, 0.2) is 36.4 Å². The van der Waals surface area contributed by atoms with Crippen LogP contribution in [0.2, 0.25) is 0 Å². The summed E-state index contributed by atoms with van der Waals surface area (Å²) in [6.07, 6.45) is 0. The second-order valence-corrected chi connectivity index (χ2v) is 5.31. The van der Waals surface area contributed by atoms with Crippen molar-refractivity contribution in [2.75, 3.05) is 19.1 Å². The monoisotopic (exact) mass is 285 g/mol. The molecule has 2 aromatic rings. The molecule has 1 aromatic carbocycles. The molecule has 21 heavy (non-hydrogen) atoms. The predicted octanol–water partition coefficient (Wildman–Crippen LogP) is 3.05. The summed E-state index contributed by atoms with van der Waals surface area (Å²) in [5, 5.41) is 0. The Morgan fingerprint density at radius 2 is 1.95 bits per heavy atom. The Morgan fingerprint density at radius 3 is 2.57 bits per heavy atom. The predicted molar refractivity (Wildman–Crippen MR) is 86.7 cm³/mol. The van der Waals surface area contributed by atoms with Crippen LogP contribution in [0.5, 0.6) is 5.75 Å². The Morgan fingerprint density at radius 1 is 1.24 bits per heavy atom. The van der Waals surface area contributed by atoms with Crippen molar-refractivity contribution in [3.63, 3.8) is 0 Å². The van der Waals surface area contributed by atoms with Crippen LogP contribution in [-0.4, -0.2) is 19.1 Å². The lowest BCUT2D eigenvalue weighted by atomic mass is 10.0. The molecular formula is C17H23N3O. The third kappa shape index (κ3) is 3.52. The summed E-state index contributed by atoms with van der Waals surface area (Å²) < 4.78 is 5.44. The maximum Gasteiger partial charge on any atom is 0.125 e. The normalized spacial score (nSPS) is 12.0. The van der Waals surface area contributed by atoms with Crippen molar-refractivity contribution >= 4 is 5.69 Å². The molecule has 0 amide bonds. The Balaban J connectivity index is 2.32. The average Bonchev–Trinajstić information content (AvgIpc) is 2.46. The lowest BCUT2D eigenvalue weighted by Crippen LogP contribution is -2.21. The maximum absolute atomic E-state index is 6.12. The molecule has 1 heterocycles. The molecule has 0 aliphatic carbocycles. The summed E-state index contributed by atoms with van der Waals surface area (Å²) in [6, 6.07) is 12.0. The molecule has 4 heteroatoms. The van der Waals surface area contributed by atoms with Crippen LogP contribution in [0, 0.1) is 6.92 Å². The van der Waals surface area contributed by atoms with Gasteiger partial charge in [0.2, 0.25) is 0 Å². The molecule has 0 spiro atoms. The van der Waals surface area contributed by atoms with Gasteiger partial charge in [0.25, 0.3) is 0 Å². The first kappa shape index (κ1) is 15.3. The first-order chi connectivity index (χ1) is 10.0. The number of benzene rings is 1. The molecular weight excluding hydrogens is 262 g/mol. The van der Waals surface area contributed by atoms with Crippen molar-refractivity contribution in [3.05, 3.63) is 53.3 Å². The van der Waals surface area contributed by atoms with Crippen LogP contribution < -0.4 is 15.4 Å². The number of nitrogens with two attached hydrogens (primary N) is 1. The Bertz CT molecular complexity index is 611. The van der Waals surface area contributed by atoms with Gasteiger partial charge in [-0.15, -0.1) is 0 Å². The van der Waals surface area contributed by atoms with Crippen molar-refractivity contribution in [1.82, 2.24) is 4.98 Å². The number of aryl methyl sites for hydroxylation is 1. The summed E-state index contributed by atoms with van der Waals surface area (Å²) in [7, 11) is 3.72. The molecule has 0 saturated carbocycles. The number of anilines is 1. The van der Waals surface area contributed by atoms with Crippen LogP contribution >= 0.6 is 0 Å².